The van der Waals surface area contributed by atoms with Gasteiger partial charge in [-0.05, 0) is 30.9 Å². The lowest BCUT2D eigenvalue weighted by Gasteiger charge is -2.29. The number of Topliss-reactive ketones (excluding diaryl/α,β-unsaturated/α-hetero) is 1. The van der Waals surface area contributed by atoms with Gasteiger partial charge in [0.1, 0.15) is 11.7 Å². The fourth-order valence-corrected chi connectivity index (χ4v) is 7.83. The number of likely N-dealkylation sites (tertiary alicyclic amines) is 2. The van der Waals surface area contributed by atoms with Gasteiger partial charge in [0.25, 0.3) is 10.0 Å². The molecule has 0 bridgehead atoms. The third-order valence-corrected chi connectivity index (χ3v) is 9.89. The number of hydrogen-bond donors (Lipinski definition) is 0. The number of allylic oxidation sites excluding steroid dienone is 2. The van der Waals surface area contributed by atoms with Crippen molar-refractivity contribution in [3.63, 3.8) is 0 Å². The van der Waals surface area contributed by atoms with E-state index >= 15 is 0 Å². The summed E-state index contributed by atoms with van der Waals surface area (Å²) in [6, 6.07) is 2.63. The van der Waals surface area contributed by atoms with Crippen LogP contribution in [0, 0.1) is 23.7 Å². The fraction of sp³-hybridized carbons (Fsp3) is 0.536. The molecule has 1 aliphatic carbocycles. The average molecular weight is 555 g/mol. The summed E-state index contributed by atoms with van der Waals surface area (Å²) in [5.74, 6) is -0.692. The molecule has 11 heteroatoms. The average Bonchev–Trinajstić information content (AvgIpc) is 3.63. The third kappa shape index (κ3) is 5.21. The Kier molecular flexibility index (Phi) is 7.56. The zero-order chi connectivity index (χ0) is 27.9. The van der Waals surface area contributed by atoms with Gasteiger partial charge in [0.15, 0.2) is 5.78 Å². The number of ketones is 1. The summed E-state index contributed by atoms with van der Waals surface area (Å²) in [6.07, 6.45) is 10.3. The van der Waals surface area contributed by atoms with E-state index < -0.39 is 45.5 Å². The minimum absolute atomic E-state index is 0.0478. The van der Waals surface area contributed by atoms with Crippen molar-refractivity contribution in [1.82, 2.24) is 19.1 Å². The van der Waals surface area contributed by atoms with Crippen LogP contribution < -0.4 is 0 Å². The molecule has 4 heterocycles. The van der Waals surface area contributed by atoms with Gasteiger partial charge in [-0.3, -0.25) is 24.2 Å². The van der Waals surface area contributed by atoms with Crippen molar-refractivity contribution in [2.75, 3.05) is 26.2 Å². The molecule has 208 valence electrons. The number of nitrogens with zero attached hydrogens (tertiary/aromatic N) is 4. The monoisotopic (exact) mass is 554 g/mol. The first kappa shape index (κ1) is 27.4. The van der Waals surface area contributed by atoms with E-state index in [4.69, 9.17) is 0 Å². The highest BCUT2D eigenvalue weighted by atomic mass is 32.2. The molecule has 10 nitrogen and oxygen atoms in total. The van der Waals surface area contributed by atoms with E-state index in [0.29, 0.717) is 19.5 Å². The van der Waals surface area contributed by atoms with Crippen molar-refractivity contribution in [1.29, 1.82) is 0 Å². The van der Waals surface area contributed by atoms with E-state index in [0.717, 1.165) is 4.31 Å². The highest BCUT2D eigenvalue weighted by Crippen LogP contribution is 2.35. The Labute approximate surface area is 228 Å². The Bertz CT molecular complexity index is 1300. The second kappa shape index (κ2) is 10.8. The van der Waals surface area contributed by atoms with Gasteiger partial charge in [-0.1, -0.05) is 44.2 Å². The summed E-state index contributed by atoms with van der Waals surface area (Å²) in [6.45, 7) is 4.93. The van der Waals surface area contributed by atoms with Gasteiger partial charge in [0.2, 0.25) is 11.8 Å². The molecule has 0 saturated carbocycles. The lowest BCUT2D eigenvalue weighted by Crippen LogP contribution is -2.47. The molecule has 0 radical (unpaired) electrons. The molecule has 5 rings (SSSR count). The molecule has 3 aliphatic heterocycles. The SMILES string of the molecule is CC(C)CC(CC(=O)N1CC2C=CC=CC2C1)C(=O)N1CCC2C1C(=O)CN2S(=O)(=O)C(=O)c1ccccn1. The number of carbonyl (C=O) groups excluding carboxylic acids is 4. The van der Waals surface area contributed by atoms with Crippen LogP contribution in [-0.2, 0) is 24.4 Å². The van der Waals surface area contributed by atoms with Crippen LogP contribution in [-0.4, -0.2) is 88.5 Å². The first-order valence-corrected chi connectivity index (χ1v) is 14.9. The number of hydrogen-bond acceptors (Lipinski definition) is 7. The van der Waals surface area contributed by atoms with Gasteiger partial charge >= 0.3 is 5.12 Å². The molecule has 2 amide bonds. The predicted octanol–water partition coefficient (Wildman–Crippen LogP) is 1.66. The minimum Gasteiger partial charge on any atom is -0.341 e. The highest BCUT2D eigenvalue weighted by Gasteiger charge is 2.55. The van der Waals surface area contributed by atoms with Crippen molar-refractivity contribution in [2.45, 2.75) is 45.2 Å². The first-order chi connectivity index (χ1) is 18.6. The molecule has 3 saturated heterocycles. The van der Waals surface area contributed by atoms with Crippen molar-refractivity contribution < 1.29 is 27.6 Å². The maximum Gasteiger partial charge on any atom is 0.310 e. The number of carbonyl (C=O) groups is 4. The van der Waals surface area contributed by atoms with Crippen LogP contribution in [0.15, 0.2) is 48.7 Å². The van der Waals surface area contributed by atoms with Crippen LogP contribution in [0.3, 0.4) is 0 Å². The number of sulfonamides is 1. The van der Waals surface area contributed by atoms with E-state index in [9.17, 15) is 27.6 Å². The molecule has 0 aromatic carbocycles. The van der Waals surface area contributed by atoms with Crippen LogP contribution in [0.2, 0.25) is 0 Å². The fourth-order valence-electron chi connectivity index (χ4n) is 6.36. The Morgan fingerprint density at radius 3 is 2.38 bits per heavy atom. The Morgan fingerprint density at radius 1 is 1.08 bits per heavy atom. The molecule has 5 atom stereocenters. The Morgan fingerprint density at radius 2 is 1.77 bits per heavy atom. The molecule has 5 unspecified atom stereocenters. The highest BCUT2D eigenvalue weighted by molar-refractivity contribution is 8.04. The van der Waals surface area contributed by atoms with Crippen LogP contribution in [0.25, 0.3) is 0 Å². The second-order valence-electron chi connectivity index (χ2n) is 11.3. The molecule has 1 aromatic heterocycles. The molecule has 4 aliphatic rings. The minimum atomic E-state index is -4.51. The number of aromatic nitrogens is 1. The largest absolute Gasteiger partial charge is 0.341 e. The molecule has 0 spiro atoms. The van der Waals surface area contributed by atoms with E-state index in [1.807, 2.05) is 30.9 Å². The van der Waals surface area contributed by atoms with Crippen molar-refractivity contribution in [3.8, 4) is 0 Å². The van der Waals surface area contributed by atoms with Crippen molar-refractivity contribution >= 4 is 32.7 Å². The molecular formula is C28H34N4O6S. The zero-order valence-electron chi connectivity index (χ0n) is 22.2. The van der Waals surface area contributed by atoms with Gasteiger partial charge < -0.3 is 9.80 Å². The number of pyridine rings is 1. The Balaban J connectivity index is 1.30. The van der Waals surface area contributed by atoms with E-state index in [2.05, 4.69) is 17.1 Å². The molecule has 3 fully saturated rings. The topological polar surface area (TPSA) is 125 Å². The van der Waals surface area contributed by atoms with Crippen LogP contribution in [0.4, 0.5) is 0 Å². The van der Waals surface area contributed by atoms with Crippen molar-refractivity contribution in [3.05, 3.63) is 54.4 Å². The summed E-state index contributed by atoms with van der Waals surface area (Å²) in [5.41, 5.74) is -0.220. The number of amides is 2. The second-order valence-corrected chi connectivity index (χ2v) is 13.1. The summed E-state index contributed by atoms with van der Waals surface area (Å²) >= 11 is 0. The van der Waals surface area contributed by atoms with Gasteiger partial charge in [-0.2, -0.15) is 4.31 Å². The van der Waals surface area contributed by atoms with E-state index in [1.54, 1.807) is 6.07 Å². The van der Waals surface area contributed by atoms with E-state index in [1.165, 1.54) is 23.2 Å². The lowest BCUT2D eigenvalue weighted by atomic mass is 9.91. The van der Waals surface area contributed by atoms with Crippen LogP contribution in [0.5, 0.6) is 0 Å². The summed E-state index contributed by atoms with van der Waals surface area (Å²) in [4.78, 5) is 60.1. The number of rotatable bonds is 7. The van der Waals surface area contributed by atoms with E-state index in [-0.39, 0.29) is 54.6 Å². The maximum atomic E-state index is 13.8. The summed E-state index contributed by atoms with van der Waals surface area (Å²) in [5, 5.41) is -1.17. The van der Waals surface area contributed by atoms with Gasteiger partial charge in [0, 0.05) is 50.0 Å². The molecule has 39 heavy (non-hydrogen) atoms. The van der Waals surface area contributed by atoms with Gasteiger partial charge in [-0.25, -0.2) is 8.42 Å². The quantitative estimate of drug-likeness (QED) is 0.502. The summed E-state index contributed by atoms with van der Waals surface area (Å²) in [7, 11) is -4.51. The van der Waals surface area contributed by atoms with Gasteiger partial charge in [0.05, 0.1) is 12.6 Å². The predicted molar refractivity (Wildman–Crippen MR) is 143 cm³/mol. The lowest BCUT2D eigenvalue weighted by molar-refractivity contribution is -0.144. The van der Waals surface area contributed by atoms with Crippen LogP contribution >= 0.6 is 0 Å². The van der Waals surface area contributed by atoms with Gasteiger partial charge in [-0.15, -0.1) is 0 Å². The van der Waals surface area contributed by atoms with Crippen molar-refractivity contribution in [2.24, 2.45) is 23.7 Å². The zero-order valence-corrected chi connectivity index (χ0v) is 23.0. The smallest absolute Gasteiger partial charge is 0.310 e. The molecule has 1 aromatic rings. The summed E-state index contributed by atoms with van der Waals surface area (Å²) < 4.78 is 27.3. The molecular weight excluding hydrogens is 520 g/mol. The third-order valence-electron chi connectivity index (χ3n) is 8.20. The normalized spacial score (nSPS) is 27.2. The number of fused-ring (bicyclic) bond motifs is 2. The maximum absolute atomic E-state index is 13.8. The molecule has 0 N–H and O–H groups in total. The first-order valence-electron chi connectivity index (χ1n) is 13.5. The van der Waals surface area contributed by atoms with Crippen LogP contribution in [0.1, 0.15) is 43.6 Å². The Hall–Kier alpha value is -3.18. The standard InChI is InChI=1S/C28H34N4O6S/c1-18(2)13-21(14-25(34)30-15-19-7-3-4-8-20(19)16-30)27(35)31-12-10-23-26(31)24(33)17-32(23)39(37,38)28(36)22-9-5-6-11-29-22/h3-9,11,18-21,23,26H,10,12-17H2,1-2H3.